The predicted molar refractivity (Wildman–Crippen MR) is 67.5 cm³/mol. The zero-order chi connectivity index (χ0) is 13.2. The van der Waals surface area contributed by atoms with Crippen LogP contribution in [0.2, 0.25) is 0 Å². The fourth-order valence-electron chi connectivity index (χ4n) is 1.71. The smallest absolute Gasteiger partial charge is 0.335 e. The summed E-state index contributed by atoms with van der Waals surface area (Å²) < 4.78 is 1.72. The molecule has 3 rings (SSSR count). The SMILES string of the molecule is O=C(O)c1cccc(Nc2nccn3cnnc23)c1. The first-order valence-corrected chi connectivity index (χ1v) is 5.49. The molecule has 0 unspecified atom stereocenters. The van der Waals surface area contributed by atoms with Gasteiger partial charge in [-0.3, -0.25) is 4.40 Å². The molecule has 19 heavy (non-hydrogen) atoms. The molecule has 1 aromatic carbocycles. The van der Waals surface area contributed by atoms with Crippen LogP contribution in [0.15, 0.2) is 43.0 Å². The third-order valence-corrected chi connectivity index (χ3v) is 2.59. The quantitative estimate of drug-likeness (QED) is 0.738. The van der Waals surface area contributed by atoms with Crippen molar-refractivity contribution in [2.75, 3.05) is 5.32 Å². The van der Waals surface area contributed by atoms with Crippen molar-refractivity contribution in [2.24, 2.45) is 0 Å². The van der Waals surface area contributed by atoms with Crippen LogP contribution in [-0.2, 0) is 0 Å². The van der Waals surface area contributed by atoms with Gasteiger partial charge < -0.3 is 10.4 Å². The number of fused-ring (bicyclic) bond motifs is 1. The third kappa shape index (κ3) is 2.08. The summed E-state index contributed by atoms with van der Waals surface area (Å²) in [6.07, 6.45) is 4.91. The van der Waals surface area contributed by atoms with Crippen LogP contribution in [0.5, 0.6) is 0 Å². The number of carboxylic acid groups (broad SMARTS) is 1. The normalized spacial score (nSPS) is 10.5. The van der Waals surface area contributed by atoms with Gasteiger partial charge in [-0.2, -0.15) is 0 Å². The molecule has 0 saturated carbocycles. The topological polar surface area (TPSA) is 92.4 Å². The van der Waals surface area contributed by atoms with Gasteiger partial charge in [0, 0.05) is 18.1 Å². The van der Waals surface area contributed by atoms with Crippen molar-refractivity contribution >= 4 is 23.1 Å². The Morgan fingerprint density at radius 2 is 2.26 bits per heavy atom. The number of carboxylic acids is 1. The van der Waals surface area contributed by atoms with E-state index in [2.05, 4.69) is 20.5 Å². The Bertz CT molecular complexity index is 752. The summed E-state index contributed by atoms with van der Waals surface area (Å²) in [5.41, 5.74) is 1.41. The van der Waals surface area contributed by atoms with Gasteiger partial charge in [-0.05, 0) is 18.2 Å². The van der Waals surface area contributed by atoms with E-state index >= 15 is 0 Å². The predicted octanol–water partition coefficient (Wildman–Crippen LogP) is 1.57. The Morgan fingerprint density at radius 3 is 3.11 bits per heavy atom. The van der Waals surface area contributed by atoms with E-state index in [1.54, 1.807) is 35.3 Å². The number of aromatic nitrogens is 4. The Morgan fingerprint density at radius 1 is 1.37 bits per heavy atom. The highest BCUT2D eigenvalue weighted by Crippen LogP contribution is 2.18. The Hall–Kier alpha value is -2.96. The van der Waals surface area contributed by atoms with Crippen molar-refractivity contribution in [1.82, 2.24) is 19.6 Å². The van der Waals surface area contributed by atoms with Crippen molar-refractivity contribution in [3.05, 3.63) is 48.5 Å². The molecule has 3 aromatic rings. The minimum Gasteiger partial charge on any atom is -0.478 e. The molecule has 0 atom stereocenters. The van der Waals surface area contributed by atoms with Crippen LogP contribution in [-0.4, -0.2) is 30.7 Å². The molecule has 0 aliphatic rings. The third-order valence-electron chi connectivity index (χ3n) is 2.59. The maximum absolute atomic E-state index is 10.9. The summed E-state index contributed by atoms with van der Waals surface area (Å²) in [6, 6.07) is 6.48. The summed E-state index contributed by atoms with van der Waals surface area (Å²) in [6.45, 7) is 0. The van der Waals surface area contributed by atoms with Gasteiger partial charge in [-0.1, -0.05) is 6.07 Å². The Balaban J connectivity index is 1.99. The van der Waals surface area contributed by atoms with Crippen molar-refractivity contribution in [1.29, 1.82) is 0 Å². The van der Waals surface area contributed by atoms with E-state index in [0.717, 1.165) is 0 Å². The Labute approximate surface area is 107 Å². The fraction of sp³-hybridized carbons (Fsp3) is 0. The van der Waals surface area contributed by atoms with Crippen molar-refractivity contribution < 1.29 is 9.90 Å². The highest BCUT2D eigenvalue weighted by Gasteiger charge is 2.07. The van der Waals surface area contributed by atoms with E-state index in [1.165, 1.54) is 12.1 Å². The molecule has 0 aliphatic heterocycles. The number of rotatable bonds is 3. The second kappa shape index (κ2) is 4.37. The number of aromatic carboxylic acids is 1. The van der Waals surface area contributed by atoms with Crippen LogP contribution in [0.3, 0.4) is 0 Å². The lowest BCUT2D eigenvalue weighted by Gasteiger charge is -2.06. The van der Waals surface area contributed by atoms with Crippen molar-refractivity contribution in [2.45, 2.75) is 0 Å². The molecule has 0 spiro atoms. The van der Waals surface area contributed by atoms with E-state index in [-0.39, 0.29) is 5.56 Å². The number of nitrogens with one attached hydrogen (secondary N) is 1. The molecule has 7 nitrogen and oxygen atoms in total. The lowest BCUT2D eigenvalue weighted by atomic mass is 10.2. The molecule has 0 fully saturated rings. The maximum Gasteiger partial charge on any atom is 0.335 e. The van der Waals surface area contributed by atoms with Crippen LogP contribution in [0.25, 0.3) is 5.65 Å². The fourth-order valence-corrected chi connectivity index (χ4v) is 1.71. The largest absolute Gasteiger partial charge is 0.478 e. The standard InChI is InChI=1S/C12H9N5O2/c18-12(19)8-2-1-3-9(6-8)15-10-11-16-14-7-17(11)5-4-13-10/h1-7H,(H,13,15)(H,18,19). The number of benzene rings is 1. The first kappa shape index (κ1) is 11.1. The van der Waals surface area contributed by atoms with Gasteiger partial charge in [0.05, 0.1) is 5.56 Å². The summed E-state index contributed by atoms with van der Waals surface area (Å²) in [7, 11) is 0. The van der Waals surface area contributed by atoms with Crippen LogP contribution in [0.1, 0.15) is 10.4 Å². The number of carbonyl (C=O) groups is 1. The highest BCUT2D eigenvalue weighted by atomic mass is 16.4. The molecular formula is C12H9N5O2. The van der Waals surface area contributed by atoms with E-state index in [0.29, 0.717) is 17.2 Å². The van der Waals surface area contributed by atoms with E-state index < -0.39 is 5.97 Å². The first-order chi connectivity index (χ1) is 9.24. The first-order valence-electron chi connectivity index (χ1n) is 5.49. The van der Waals surface area contributed by atoms with Crippen LogP contribution in [0.4, 0.5) is 11.5 Å². The molecule has 0 radical (unpaired) electrons. The van der Waals surface area contributed by atoms with Crippen LogP contribution >= 0.6 is 0 Å². The van der Waals surface area contributed by atoms with E-state index in [9.17, 15) is 4.79 Å². The lowest BCUT2D eigenvalue weighted by Crippen LogP contribution is -2.00. The van der Waals surface area contributed by atoms with E-state index in [4.69, 9.17) is 5.11 Å². The van der Waals surface area contributed by atoms with Gasteiger partial charge in [0.25, 0.3) is 0 Å². The number of nitrogens with zero attached hydrogens (tertiary/aromatic N) is 4. The Kier molecular flexibility index (Phi) is 2.57. The summed E-state index contributed by atoms with van der Waals surface area (Å²) in [5, 5.41) is 19.7. The minimum absolute atomic E-state index is 0.207. The minimum atomic E-state index is -0.975. The molecule has 0 bridgehead atoms. The molecule has 2 N–H and O–H groups in total. The van der Waals surface area contributed by atoms with Crippen molar-refractivity contribution in [3.8, 4) is 0 Å². The number of anilines is 2. The second-order valence-electron chi connectivity index (χ2n) is 3.85. The summed E-state index contributed by atoms with van der Waals surface area (Å²) in [5.74, 6) is -0.458. The molecule has 94 valence electrons. The lowest BCUT2D eigenvalue weighted by molar-refractivity contribution is 0.0697. The average Bonchev–Trinajstić information content (AvgIpc) is 2.88. The summed E-state index contributed by atoms with van der Waals surface area (Å²) >= 11 is 0. The van der Waals surface area contributed by atoms with Crippen molar-refractivity contribution in [3.63, 3.8) is 0 Å². The van der Waals surface area contributed by atoms with Crippen LogP contribution in [0, 0.1) is 0 Å². The van der Waals surface area contributed by atoms with Gasteiger partial charge in [-0.25, -0.2) is 9.78 Å². The van der Waals surface area contributed by atoms with Gasteiger partial charge >= 0.3 is 5.97 Å². The number of hydrogen-bond donors (Lipinski definition) is 2. The average molecular weight is 255 g/mol. The molecule has 0 amide bonds. The van der Waals surface area contributed by atoms with Gasteiger partial charge in [0.2, 0.25) is 5.65 Å². The monoisotopic (exact) mass is 255 g/mol. The zero-order valence-corrected chi connectivity index (χ0v) is 9.69. The van der Waals surface area contributed by atoms with Gasteiger partial charge in [-0.15, -0.1) is 10.2 Å². The molecule has 7 heteroatoms. The molecule has 2 aromatic heterocycles. The molecule has 0 aliphatic carbocycles. The van der Waals surface area contributed by atoms with Gasteiger partial charge in [0.15, 0.2) is 5.82 Å². The highest BCUT2D eigenvalue weighted by molar-refractivity contribution is 5.89. The second-order valence-corrected chi connectivity index (χ2v) is 3.85. The van der Waals surface area contributed by atoms with Crippen LogP contribution < -0.4 is 5.32 Å². The zero-order valence-electron chi connectivity index (χ0n) is 9.69. The van der Waals surface area contributed by atoms with E-state index in [1.807, 2.05) is 0 Å². The molecule has 2 heterocycles. The molecular weight excluding hydrogens is 246 g/mol. The summed E-state index contributed by atoms with van der Waals surface area (Å²) in [4.78, 5) is 15.1. The molecule has 0 saturated heterocycles. The maximum atomic E-state index is 10.9. The van der Waals surface area contributed by atoms with Gasteiger partial charge in [0.1, 0.15) is 6.33 Å². The number of hydrogen-bond acceptors (Lipinski definition) is 5.